The van der Waals surface area contributed by atoms with Crippen LogP contribution in [0.3, 0.4) is 0 Å². The third-order valence-corrected chi connectivity index (χ3v) is 5.40. The standard InChI is InChI=1S/C18H19NSe/c1-12-7-14(9-15(8-12)18(2,3)4)16-10-13-5-6-20-17(13)11-19-16/h5-11H,1-4H3. The molecule has 0 radical (unpaired) electrons. The van der Waals surface area contributed by atoms with Crippen molar-refractivity contribution in [2.75, 3.05) is 0 Å². The van der Waals surface area contributed by atoms with Crippen molar-refractivity contribution in [3.05, 3.63) is 52.6 Å². The molecule has 2 aromatic heterocycles. The fourth-order valence-electron chi connectivity index (χ4n) is 2.39. The van der Waals surface area contributed by atoms with Gasteiger partial charge in [0.25, 0.3) is 0 Å². The van der Waals surface area contributed by atoms with E-state index in [1.165, 1.54) is 26.3 Å². The molecule has 0 N–H and O–H groups in total. The van der Waals surface area contributed by atoms with Crippen LogP contribution in [0.5, 0.6) is 0 Å². The number of nitrogens with zero attached hydrogens (tertiary/aromatic N) is 1. The average Bonchev–Trinajstić information content (AvgIpc) is 2.84. The number of benzene rings is 1. The third kappa shape index (κ3) is 2.59. The second-order valence-electron chi connectivity index (χ2n) is 6.37. The zero-order valence-corrected chi connectivity index (χ0v) is 14.1. The van der Waals surface area contributed by atoms with E-state index >= 15 is 0 Å². The number of aromatic nitrogens is 1. The van der Waals surface area contributed by atoms with E-state index in [4.69, 9.17) is 0 Å². The number of aryl methyl sites for hydroxylation is 1. The molecule has 1 nitrogen and oxygen atoms in total. The first-order valence-electron chi connectivity index (χ1n) is 6.89. The molecule has 0 spiro atoms. The molecule has 102 valence electrons. The predicted molar refractivity (Wildman–Crippen MR) is 87.6 cm³/mol. The van der Waals surface area contributed by atoms with Gasteiger partial charge < -0.3 is 0 Å². The monoisotopic (exact) mass is 329 g/mol. The van der Waals surface area contributed by atoms with E-state index in [0.717, 1.165) is 5.69 Å². The molecular weight excluding hydrogens is 309 g/mol. The summed E-state index contributed by atoms with van der Waals surface area (Å²) < 4.78 is 1.39. The maximum atomic E-state index is 4.66. The average molecular weight is 328 g/mol. The van der Waals surface area contributed by atoms with E-state index in [0.29, 0.717) is 14.5 Å². The fourth-order valence-corrected chi connectivity index (χ4v) is 3.94. The minimum absolute atomic E-state index is 0.167. The summed E-state index contributed by atoms with van der Waals surface area (Å²) in [6.07, 6.45) is 2.05. The van der Waals surface area contributed by atoms with Gasteiger partial charge >= 0.3 is 126 Å². The molecule has 0 saturated carbocycles. The van der Waals surface area contributed by atoms with Crippen molar-refractivity contribution in [2.45, 2.75) is 33.1 Å². The summed E-state index contributed by atoms with van der Waals surface area (Å²) in [5.41, 5.74) is 5.15. The van der Waals surface area contributed by atoms with Gasteiger partial charge in [0, 0.05) is 0 Å². The van der Waals surface area contributed by atoms with E-state index < -0.39 is 0 Å². The zero-order valence-electron chi connectivity index (χ0n) is 12.4. The van der Waals surface area contributed by atoms with Crippen LogP contribution in [0.4, 0.5) is 0 Å². The van der Waals surface area contributed by atoms with Gasteiger partial charge in [-0.15, -0.1) is 0 Å². The zero-order chi connectivity index (χ0) is 14.3. The van der Waals surface area contributed by atoms with Crippen LogP contribution in [-0.2, 0) is 5.41 Å². The van der Waals surface area contributed by atoms with Gasteiger partial charge in [-0.25, -0.2) is 0 Å². The molecule has 0 bridgehead atoms. The first-order valence-corrected chi connectivity index (χ1v) is 8.74. The minimum atomic E-state index is 0.167. The van der Waals surface area contributed by atoms with Crippen molar-refractivity contribution in [3.63, 3.8) is 0 Å². The van der Waals surface area contributed by atoms with Crippen molar-refractivity contribution < 1.29 is 0 Å². The molecule has 0 fully saturated rings. The van der Waals surface area contributed by atoms with Crippen LogP contribution in [0, 0.1) is 6.92 Å². The van der Waals surface area contributed by atoms with Gasteiger partial charge in [0.05, 0.1) is 0 Å². The molecule has 0 aliphatic rings. The SMILES string of the molecule is Cc1cc(-c2cc3cc[se]c3cn2)cc(C(C)(C)C)c1. The van der Waals surface area contributed by atoms with Crippen molar-refractivity contribution in [1.29, 1.82) is 0 Å². The maximum absolute atomic E-state index is 4.66. The Labute approximate surface area is 126 Å². The van der Waals surface area contributed by atoms with Crippen LogP contribution in [0.15, 0.2) is 41.5 Å². The molecule has 3 rings (SSSR count). The summed E-state index contributed by atoms with van der Waals surface area (Å²) in [5, 5.41) is 1.34. The summed E-state index contributed by atoms with van der Waals surface area (Å²) in [5.74, 6) is 0. The normalized spacial score (nSPS) is 12.0. The predicted octanol–water partition coefficient (Wildman–Crippen LogP) is 4.56. The van der Waals surface area contributed by atoms with E-state index in [-0.39, 0.29) is 5.41 Å². The Bertz CT molecular complexity index is 762. The van der Waals surface area contributed by atoms with Crippen molar-refractivity contribution in [2.24, 2.45) is 0 Å². The molecule has 1 aromatic carbocycles. The van der Waals surface area contributed by atoms with E-state index in [1.54, 1.807) is 0 Å². The molecule has 0 unspecified atom stereocenters. The Morgan fingerprint density at radius 2 is 1.85 bits per heavy atom. The van der Waals surface area contributed by atoms with E-state index in [1.807, 2.05) is 6.20 Å². The summed E-state index contributed by atoms with van der Waals surface area (Å²) in [6, 6.07) is 11.2. The quantitative estimate of drug-likeness (QED) is 0.597. The Morgan fingerprint density at radius 3 is 2.60 bits per heavy atom. The fraction of sp³-hybridized carbons (Fsp3) is 0.278. The van der Waals surface area contributed by atoms with Crippen molar-refractivity contribution >= 4 is 24.1 Å². The number of pyridine rings is 1. The van der Waals surface area contributed by atoms with Crippen LogP contribution in [0.2, 0.25) is 0 Å². The topological polar surface area (TPSA) is 12.9 Å². The number of rotatable bonds is 1. The molecule has 0 atom stereocenters. The summed E-state index contributed by atoms with van der Waals surface area (Å²) in [7, 11) is 0. The molecule has 0 amide bonds. The van der Waals surface area contributed by atoms with Gasteiger partial charge in [-0.1, -0.05) is 0 Å². The molecule has 3 aromatic rings. The Kier molecular flexibility index (Phi) is 3.32. The van der Waals surface area contributed by atoms with Gasteiger partial charge in [0.15, 0.2) is 0 Å². The Morgan fingerprint density at radius 1 is 1.05 bits per heavy atom. The van der Waals surface area contributed by atoms with E-state index in [9.17, 15) is 0 Å². The van der Waals surface area contributed by atoms with Gasteiger partial charge in [0.2, 0.25) is 0 Å². The van der Waals surface area contributed by atoms with Crippen LogP contribution < -0.4 is 0 Å². The van der Waals surface area contributed by atoms with E-state index in [2.05, 4.69) is 68.0 Å². The molecule has 0 aliphatic heterocycles. The molecular formula is C18H19NSe. The third-order valence-electron chi connectivity index (χ3n) is 3.58. The molecule has 2 heterocycles. The van der Waals surface area contributed by atoms with Gasteiger partial charge in [-0.05, 0) is 0 Å². The van der Waals surface area contributed by atoms with Gasteiger partial charge in [0.1, 0.15) is 0 Å². The molecule has 0 saturated heterocycles. The molecule has 20 heavy (non-hydrogen) atoms. The number of fused-ring (bicyclic) bond motifs is 1. The summed E-state index contributed by atoms with van der Waals surface area (Å²) in [4.78, 5) is 6.92. The number of hydrogen-bond donors (Lipinski definition) is 0. The first-order chi connectivity index (χ1) is 9.43. The van der Waals surface area contributed by atoms with Gasteiger partial charge in [-0.2, -0.15) is 0 Å². The second-order valence-corrected chi connectivity index (χ2v) is 8.35. The summed E-state index contributed by atoms with van der Waals surface area (Å²) >= 11 is 0.476. The molecule has 0 aliphatic carbocycles. The first kappa shape index (κ1) is 13.6. The van der Waals surface area contributed by atoms with Crippen LogP contribution in [-0.4, -0.2) is 19.5 Å². The Hall–Kier alpha value is -1.37. The van der Waals surface area contributed by atoms with Crippen LogP contribution in [0.1, 0.15) is 31.9 Å². The van der Waals surface area contributed by atoms with Crippen molar-refractivity contribution in [1.82, 2.24) is 4.98 Å². The second kappa shape index (κ2) is 4.87. The number of hydrogen-bond acceptors (Lipinski definition) is 1. The summed E-state index contributed by atoms with van der Waals surface area (Å²) in [6.45, 7) is 8.93. The van der Waals surface area contributed by atoms with Gasteiger partial charge in [-0.3, -0.25) is 0 Å². The van der Waals surface area contributed by atoms with Crippen LogP contribution in [0.25, 0.3) is 20.9 Å². The Balaban J connectivity index is 2.15. The van der Waals surface area contributed by atoms with Crippen LogP contribution >= 0.6 is 0 Å². The van der Waals surface area contributed by atoms with Crippen molar-refractivity contribution in [3.8, 4) is 11.3 Å². The molecule has 2 heteroatoms.